The van der Waals surface area contributed by atoms with E-state index in [4.69, 9.17) is 0 Å². The molecule has 0 radical (unpaired) electrons. The van der Waals surface area contributed by atoms with Gasteiger partial charge in [0.25, 0.3) is 0 Å². The zero-order chi connectivity index (χ0) is 21.6. The average molecular weight is 425 g/mol. The highest BCUT2D eigenvalue weighted by atomic mass is 19.1. The largest absolute Gasteiger partial charge is 0.371 e. The molecule has 2 aromatic rings. The number of rotatable bonds is 4. The first-order valence-electron chi connectivity index (χ1n) is 11.7. The summed E-state index contributed by atoms with van der Waals surface area (Å²) in [4.78, 5) is 23.9. The Labute approximate surface area is 184 Å². The van der Waals surface area contributed by atoms with Crippen LogP contribution in [0.25, 0.3) is 10.9 Å². The fourth-order valence-corrected chi connectivity index (χ4v) is 4.97. The minimum atomic E-state index is -0.211. The molecule has 0 spiro atoms. The second-order valence-electron chi connectivity index (χ2n) is 10.3. The maximum atomic E-state index is 14.2. The van der Waals surface area contributed by atoms with Gasteiger partial charge in [0.05, 0.1) is 11.2 Å². The summed E-state index contributed by atoms with van der Waals surface area (Å²) in [6.07, 6.45) is 6.38. The predicted molar refractivity (Wildman–Crippen MR) is 122 cm³/mol. The van der Waals surface area contributed by atoms with E-state index in [-0.39, 0.29) is 5.82 Å². The van der Waals surface area contributed by atoms with Crippen LogP contribution in [0.1, 0.15) is 45.1 Å². The smallest absolute Gasteiger partial charge is 0.225 e. The standard InChI is InChI=1S/C25H33FN4O/c1-25(2)7-9-29(10-8-25)23-19(16-27-22-6-5-20(26)15-21(22)23)17-28-11-13-30(14-12-28)24(31)18-3-4-18/h5-6,15-16,18H,3-4,7-14,17H2,1-2H3. The first-order chi connectivity index (χ1) is 14.9. The number of pyridine rings is 1. The fourth-order valence-electron chi connectivity index (χ4n) is 4.97. The van der Waals surface area contributed by atoms with Crippen LogP contribution in [0.4, 0.5) is 10.1 Å². The lowest BCUT2D eigenvalue weighted by atomic mass is 9.82. The van der Waals surface area contributed by atoms with Crippen molar-refractivity contribution in [3.8, 4) is 0 Å². The van der Waals surface area contributed by atoms with Crippen LogP contribution < -0.4 is 4.90 Å². The lowest BCUT2D eigenvalue weighted by Crippen LogP contribution is -2.49. The van der Waals surface area contributed by atoms with Gasteiger partial charge in [-0.1, -0.05) is 13.8 Å². The minimum absolute atomic E-state index is 0.211. The van der Waals surface area contributed by atoms with Crippen molar-refractivity contribution in [3.63, 3.8) is 0 Å². The molecular formula is C25H33FN4O. The molecule has 0 atom stereocenters. The van der Waals surface area contributed by atoms with Gasteiger partial charge in [0.15, 0.2) is 0 Å². The number of piperidine rings is 1. The molecule has 0 bridgehead atoms. The van der Waals surface area contributed by atoms with Crippen LogP contribution in [0, 0.1) is 17.2 Å². The molecule has 2 saturated heterocycles. The highest BCUT2D eigenvalue weighted by molar-refractivity contribution is 5.93. The van der Waals surface area contributed by atoms with E-state index >= 15 is 0 Å². The Hall–Kier alpha value is -2.21. The number of fused-ring (bicyclic) bond motifs is 1. The Morgan fingerprint density at radius 1 is 1.10 bits per heavy atom. The van der Waals surface area contributed by atoms with Crippen molar-refractivity contribution >= 4 is 22.5 Å². The van der Waals surface area contributed by atoms with Crippen molar-refractivity contribution in [2.24, 2.45) is 11.3 Å². The van der Waals surface area contributed by atoms with Crippen LogP contribution in [0.3, 0.4) is 0 Å². The van der Waals surface area contributed by atoms with Crippen molar-refractivity contribution in [1.82, 2.24) is 14.8 Å². The lowest BCUT2D eigenvalue weighted by molar-refractivity contribution is -0.134. The van der Waals surface area contributed by atoms with E-state index < -0.39 is 0 Å². The van der Waals surface area contributed by atoms with E-state index in [1.54, 1.807) is 12.1 Å². The molecule has 0 N–H and O–H groups in total. The molecule has 5 nitrogen and oxygen atoms in total. The first-order valence-corrected chi connectivity index (χ1v) is 11.7. The Morgan fingerprint density at radius 2 is 1.81 bits per heavy atom. The number of carbonyl (C=O) groups excluding carboxylic acids is 1. The Bertz CT molecular complexity index is 969. The third kappa shape index (κ3) is 4.40. The number of amides is 1. The van der Waals surface area contributed by atoms with Gasteiger partial charge in [-0.15, -0.1) is 0 Å². The topological polar surface area (TPSA) is 39.7 Å². The van der Waals surface area contributed by atoms with Gasteiger partial charge >= 0.3 is 0 Å². The van der Waals surface area contributed by atoms with E-state index in [2.05, 4.69) is 28.6 Å². The fraction of sp³-hybridized carbons (Fsp3) is 0.600. The maximum Gasteiger partial charge on any atom is 0.225 e. The summed E-state index contributed by atoms with van der Waals surface area (Å²) in [6.45, 7) is 10.8. The van der Waals surface area contributed by atoms with Crippen molar-refractivity contribution in [2.45, 2.75) is 46.1 Å². The number of aromatic nitrogens is 1. The monoisotopic (exact) mass is 424 g/mol. The van der Waals surface area contributed by atoms with Crippen LogP contribution in [0.15, 0.2) is 24.4 Å². The number of nitrogens with zero attached hydrogens (tertiary/aromatic N) is 4. The van der Waals surface area contributed by atoms with Crippen LogP contribution in [0.2, 0.25) is 0 Å². The highest BCUT2D eigenvalue weighted by Crippen LogP contribution is 2.37. The third-order valence-electron chi connectivity index (χ3n) is 7.32. The van der Waals surface area contributed by atoms with Gasteiger partial charge in [0, 0.05) is 68.9 Å². The number of hydrogen-bond donors (Lipinski definition) is 0. The molecule has 1 saturated carbocycles. The van der Waals surface area contributed by atoms with Crippen LogP contribution in [-0.2, 0) is 11.3 Å². The van der Waals surface area contributed by atoms with Crippen LogP contribution >= 0.6 is 0 Å². The number of halogens is 1. The molecule has 3 fully saturated rings. The van der Waals surface area contributed by atoms with Gasteiger partial charge < -0.3 is 9.80 Å². The zero-order valence-corrected chi connectivity index (χ0v) is 18.7. The van der Waals surface area contributed by atoms with E-state index in [1.807, 2.05) is 11.1 Å². The van der Waals surface area contributed by atoms with E-state index in [9.17, 15) is 9.18 Å². The van der Waals surface area contributed by atoms with E-state index in [0.29, 0.717) is 17.2 Å². The molecule has 1 aliphatic carbocycles. The molecule has 3 aliphatic rings. The summed E-state index contributed by atoms with van der Waals surface area (Å²) >= 11 is 0. The van der Waals surface area contributed by atoms with Gasteiger partial charge in [-0.2, -0.15) is 0 Å². The Kier molecular flexibility index (Phi) is 5.37. The quantitative estimate of drug-likeness (QED) is 0.742. The van der Waals surface area contributed by atoms with Crippen molar-refractivity contribution in [1.29, 1.82) is 0 Å². The molecule has 0 unspecified atom stereocenters. The lowest BCUT2D eigenvalue weighted by Gasteiger charge is -2.40. The Morgan fingerprint density at radius 3 is 2.48 bits per heavy atom. The number of anilines is 1. The average Bonchev–Trinajstić information content (AvgIpc) is 3.59. The molecule has 1 aromatic heterocycles. The molecule has 3 heterocycles. The molecule has 1 aromatic carbocycles. The second kappa shape index (κ2) is 8.05. The van der Waals surface area contributed by atoms with Crippen molar-refractivity contribution in [3.05, 3.63) is 35.8 Å². The summed E-state index contributed by atoms with van der Waals surface area (Å²) in [7, 11) is 0. The molecule has 31 heavy (non-hydrogen) atoms. The van der Waals surface area contributed by atoms with Gasteiger partial charge in [-0.05, 0) is 49.3 Å². The van der Waals surface area contributed by atoms with E-state index in [0.717, 1.165) is 88.1 Å². The van der Waals surface area contributed by atoms with Crippen molar-refractivity contribution < 1.29 is 9.18 Å². The highest BCUT2D eigenvalue weighted by Gasteiger charge is 2.35. The second-order valence-corrected chi connectivity index (χ2v) is 10.3. The minimum Gasteiger partial charge on any atom is -0.371 e. The number of benzene rings is 1. The number of piperazine rings is 1. The summed E-state index contributed by atoms with van der Waals surface area (Å²) < 4.78 is 14.2. The summed E-state index contributed by atoms with van der Waals surface area (Å²) in [5, 5.41) is 0.916. The first kappa shape index (κ1) is 20.7. The van der Waals surface area contributed by atoms with Gasteiger partial charge in [0.1, 0.15) is 5.82 Å². The summed E-state index contributed by atoms with van der Waals surface area (Å²) in [5.74, 6) is 0.428. The van der Waals surface area contributed by atoms with Crippen molar-refractivity contribution in [2.75, 3.05) is 44.2 Å². The van der Waals surface area contributed by atoms with Gasteiger partial charge in [0.2, 0.25) is 5.91 Å². The normalized spacial score (nSPS) is 22.2. The maximum absolute atomic E-state index is 14.2. The molecule has 166 valence electrons. The Balaban J connectivity index is 1.38. The third-order valence-corrected chi connectivity index (χ3v) is 7.32. The van der Waals surface area contributed by atoms with Crippen LogP contribution in [-0.4, -0.2) is 60.0 Å². The number of hydrogen-bond acceptors (Lipinski definition) is 4. The molecule has 5 rings (SSSR count). The zero-order valence-electron chi connectivity index (χ0n) is 18.7. The van der Waals surface area contributed by atoms with E-state index in [1.165, 1.54) is 11.6 Å². The molecule has 2 aliphatic heterocycles. The SMILES string of the molecule is CC1(C)CCN(c2c(CN3CCN(C(=O)C4CC4)CC3)cnc3ccc(F)cc23)CC1. The number of carbonyl (C=O) groups is 1. The molecular weight excluding hydrogens is 391 g/mol. The van der Waals surface area contributed by atoms with Gasteiger partial charge in [-0.3, -0.25) is 14.7 Å². The van der Waals surface area contributed by atoms with Crippen LogP contribution in [0.5, 0.6) is 0 Å². The molecule has 1 amide bonds. The molecule has 6 heteroatoms. The summed E-state index contributed by atoms with van der Waals surface area (Å²) in [6, 6.07) is 4.93. The van der Waals surface area contributed by atoms with Gasteiger partial charge in [-0.25, -0.2) is 4.39 Å². The predicted octanol–water partition coefficient (Wildman–Crippen LogP) is 4.05. The summed E-state index contributed by atoms with van der Waals surface area (Å²) in [5.41, 5.74) is 3.52.